The maximum atomic E-state index is 11.7. The molecule has 0 spiro atoms. The van der Waals surface area contributed by atoms with Crippen molar-refractivity contribution in [1.29, 1.82) is 0 Å². The zero-order valence-corrected chi connectivity index (χ0v) is 13.3. The number of aliphatic hydroxyl groups is 1. The predicted molar refractivity (Wildman–Crippen MR) is 85.7 cm³/mol. The second-order valence-corrected chi connectivity index (χ2v) is 6.11. The maximum Gasteiger partial charge on any atom is 0.319 e. The first kappa shape index (κ1) is 17.2. The summed E-state index contributed by atoms with van der Waals surface area (Å²) in [6.45, 7) is 4.75. The number of rotatable bonds is 7. The standard InChI is InChI=1S/C15H26N4O2/c1-15(2,11-20)8-5-9-16-14(21)18-12-6-7-13(17-10-12)19(3)4/h6-7,10,20H,5,8-9,11H2,1-4H3,(H2,16,18,21). The molecular formula is C15H26N4O2. The molecule has 0 fully saturated rings. The van der Waals surface area contributed by atoms with Crippen molar-refractivity contribution < 1.29 is 9.90 Å². The van der Waals surface area contributed by atoms with Gasteiger partial charge in [0.25, 0.3) is 0 Å². The Bertz CT molecular complexity index is 443. The Morgan fingerprint density at radius 2 is 2.10 bits per heavy atom. The highest BCUT2D eigenvalue weighted by Gasteiger charge is 2.15. The van der Waals surface area contributed by atoms with Gasteiger partial charge in [0, 0.05) is 27.2 Å². The second-order valence-electron chi connectivity index (χ2n) is 6.11. The molecule has 0 aliphatic rings. The van der Waals surface area contributed by atoms with Crippen LogP contribution >= 0.6 is 0 Å². The fourth-order valence-electron chi connectivity index (χ4n) is 1.75. The highest BCUT2D eigenvalue weighted by atomic mass is 16.3. The third kappa shape index (κ3) is 6.44. The number of aliphatic hydroxyl groups excluding tert-OH is 1. The van der Waals surface area contributed by atoms with Gasteiger partial charge in [-0.3, -0.25) is 0 Å². The minimum atomic E-state index is -0.240. The van der Waals surface area contributed by atoms with Crippen LogP contribution in [0.1, 0.15) is 26.7 Å². The van der Waals surface area contributed by atoms with E-state index in [1.54, 1.807) is 6.20 Å². The molecule has 1 rings (SSSR count). The number of hydrogen-bond donors (Lipinski definition) is 3. The normalized spacial score (nSPS) is 11.1. The largest absolute Gasteiger partial charge is 0.396 e. The van der Waals surface area contributed by atoms with E-state index in [1.807, 2.05) is 45.0 Å². The molecule has 0 aliphatic carbocycles. The van der Waals surface area contributed by atoms with E-state index in [1.165, 1.54) is 0 Å². The molecule has 3 N–H and O–H groups in total. The van der Waals surface area contributed by atoms with Crippen molar-refractivity contribution in [1.82, 2.24) is 10.3 Å². The molecule has 6 heteroatoms. The van der Waals surface area contributed by atoms with Crippen LogP contribution in [0, 0.1) is 5.41 Å². The van der Waals surface area contributed by atoms with Gasteiger partial charge in [-0.15, -0.1) is 0 Å². The fourth-order valence-corrected chi connectivity index (χ4v) is 1.75. The van der Waals surface area contributed by atoms with Crippen LogP contribution in [0.25, 0.3) is 0 Å². The highest BCUT2D eigenvalue weighted by Crippen LogP contribution is 2.20. The number of urea groups is 1. The molecular weight excluding hydrogens is 268 g/mol. The lowest BCUT2D eigenvalue weighted by atomic mass is 9.89. The number of anilines is 2. The van der Waals surface area contributed by atoms with Crippen molar-refractivity contribution in [3.8, 4) is 0 Å². The molecule has 1 heterocycles. The third-order valence-electron chi connectivity index (χ3n) is 3.21. The van der Waals surface area contributed by atoms with Crippen LogP contribution < -0.4 is 15.5 Å². The van der Waals surface area contributed by atoms with Crippen LogP contribution in [0.3, 0.4) is 0 Å². The zero-order chi connectivity index (χ0) is 15.9. The van der Waals surface area contributed by atoms with Crippen LogP contribution in [-0.2, 0) is 0 Å². The Labute approximate surface area is 126 Å². The Morgan fingerprint density at radius 3 is 2.62 bits per heavy atom. The van der Waals surface area contributed by atoms with E-state index in [2.05, 4.69) is 15.6 Å². The Morgan fingerprint density at radius 1 is 1.38 bits per heavy atom. The number of pyridine rings is 1. The molecule has 0 radical (unpaired) electrons. The second kappa shape index (κ2) is 7.83. The van der Waals surface area contributed by atoms with Gasteiger partial charge in [-0.2, -0.15) is 0 Å². The van der Waals surface area contributed by atoms with Crippen molar-refractivity contribution in [2.45, 2.75) is 26.7 Å². The van der Waals surface area contributed by atoms with E-state index in [4.69, 9.17) is 5.11 Å². The van der Waals surface area contributed by atoms with E-state index < -0.39 is 0 Å². The molecule has 0 aromatic carbocycles. The smallest absolute Gasteiger partial charge is 0.319 e. The summed E-state index contributed by atoms with van der Waals surface area (Å²) < 4.78 is 0. The first-order valence-corrected chi connectivity index (χ1v) is 7.13. The van der Waals surface area contributed by atoms with Crippen LogP contribution in [0.5, 0.6) is 0 Å². The summed E-state index contributed by atoms with van der Waals surface area (Å²) in [6.07, 6.45) is 3.32. The summed E-state index contributed by atoms with van der Waals surface area (Å²) >= 11 is 0. The van der Waals surface area contributed by atoms with Crippen molar-refractivity contribution in [2.24, 2.45) is 5.41 Å². The van der Waals surface area contributed by atoms with Gasteiger partial charge in [0.05, 0.1) is 11.9 Å². The molecule has 2 amide bonds. The van der Waals surface area contributed by atoms with Crippen molar-refractivity contribution in [3.63, 3.8) is 0 Å². The number of carbonyl (C=O) groups excluding carboxylic acids is 1. The van der Waals surface area contributed by atoms with Gasteiger partial charge in [-0.25, -0.2) is 9.78 Å². The number of nitrogens with zero attached hydrogens (tertiary/aromatic N) is 2. The SMILES string of the molecule is CN(C)c1ccc(NC(=O)NCCCC(C)(C)CO)cn1. The van der Waals surface area contributed by atoms with E-state index in [9.17, 15) is 4.79 Å². The van der Waals surface area contributed by atoms with Crippen LogP contribution in [0.4, 0.5) is 16.3 Å². The van der Waals surface area contributed by atoms with Crippen molar-refractivity contribution >= 4 is 17.5 Å². The molecule has 0 atom stereocenters. The first-order valence-electron chi connectivity index (χ1n) is 7.13. The molecule has 21 heavy (non-hydrogen) atoms. The van der Waals surface area contributed by atoms with Crippen molar-refractivity contribution in [3.05, 3.63) is 18.3 Å². The maximum absolute atomic E-state index is 11.7. The van der Waals surface area contributed by atoms with E-state index in [0.717, 1.165) is 18.7 Å². The topological polar surface area (TPSA) is 77.5 Å². The molecule has 6 nitrogen and oxygen atoms in total. The molecule has 1 aromatic heterocycles. The summed E-state index contributed by atoms with van der Waals surface area (Å²) in [5.74, 6) is 0.840. The minimum absolute atomic E-state index is 0.0932. The minimum Gasteiger partial charge on any atom is -0.396 e. The average Bonchev–Trinajstić information content (AvgIpc) is 2.44. The molecule has 0 saturated carbocycles. The van der Waals surface area contributed by atoms with Gasteiger partial charge in [-0.1, -0.05) is 13.8 Å². The van der Waals surface area contributed by atoms with Gasteiger partial charge >= 0.3 is 6.03 Å². The van der Waals surface area contributed by atoms with Gasteiger partial charge in [0.15, 0.2) is 0 Å². The Hall–Kier alpha value is -1.82. The molecule has 118 valence electrons. The van der Waals surface area contributed by atoms with Gasteiger partial charge in [0.1, 0.15) is 5.82 Å². The Balaban J connectivity index is 2.30. The summed E-state index contributed by atoms with van der Waals surface area (Å²) in [5, 5.41) is 14.7. The van der Waals surface area contributed by atoms with Gasteiger partial charge < -0.3 is 20.6 Å². The molecule has 0 aliphatic heterocycles. The molecule has 0 unspecified atom stereocenters. The van der Waals surface area contributed by atoms with Crippen LogP contribution in [0.2, 0.25) is 0 Å². The fraction of sp³-hybridized carbons (Fsp3) is 0.600. The van der Waals surface area contributed by atoms with E-state index >= 15 is 0 Å². The number of carbonyl (C=O) groups is 1. The number of hydrogen-bond acceptors (Lipinski definition) is 4. The summed E-state index contributed by atoms with van der Waals surface area (Å²) in [4.78, 5) is 17.8. The monoisotopic (exact) mass is 294 g/mol. The average molecular weight is 294 g/mol. The number of aromatic nitrogens is 1. The lowest BCUT2D eigenvalue weighted by Crippen LogP contribution is -2.30. The van der Waals surface area contributed by atoms with Gasteiger partial charge in [0.2, 0.25) is 0 Å². The molecule has 0 bridgehead atoms. The summed E-state index contributed by atoms with van der Waals surface area (Å²) in [7, 11) is 3.83. The number of nitrogens with one attached hydrogen (secondary N) is 2. The Kier molecular flexibility index (Phi) is 6.42. The quantitative estimate of drug-likeness (QED) is 0.673. The van der Waals surface area contributed by atoms with Crippen molar-refractivity contribution in [2.75, 3.05) is 37.5 Å². The lowest BCUT2D eigenvalue weighted by molar-refractivity contribution is 0.148. The molecule has 0 saturated heterocycles. The predicted octanol–water partition coefficient (Wildman–Crippen LogP) is 2.07. The summed E-state index contributed by atoms with van der Waals surface area (Å²) in [5.41, 5.74) is 0.568. The number of amides is 2. The van der Waals surface area contributed by atoms with Crippen LogP contribution in [-0.4, -0.2) is 43.4 Å². The van der Waals surface area contributed by atoms with Gasteiger partial charge in [-0.05, 0) is 30.4 Å². The van der Waals surface area contributed by atoms with E-state index in [-0.39, 0.29) is 18.1 Å². The van der Waals surface area contributed by atoms with E-state index in [0.29, 0.717) is 12.2 Å². The third-order valence-corrected chi connectivity index (χ3v) is 3.21. The van der Waals surface area contributed by atoms with Crippen LogP contribution in [0.15, 0.2) is 18.3 Å². The summed E-state index contributed by atoms with van der Waals surface area (Å²) in [6, 6.07) is 3.42. The zero-order valence-electron chi connectivity index (χ0n) is 13.3. The molecule has 1 aromatic rings. The first-order chi connectivity index (χ1) is 9.84. The lowest BCUT2D eigenvalue weighted by Gasteiger charge is -2.21. The highest BCUT2D eigenvalue weighted by molar-refractivity contribution is 5.89.